The number of rotatable bonds is 3. The summed E-state index contributed by atoms with van der Waals surface area (Å²) in [6.07, 6.45) is 3.03. The standard InChI is InChI=1S/C16H20N2O4S/c1-22-15(19)13-14(17)16(9-5-6-10-16)18(23(13,20)21)11-12-7-3-2-4-8-12/h2-4,7-8H,5-6,9-11,17H2,1H3. The van der Waals surface area contributed by atoms with E-state index in [9.17, 15) is 13.2 Å². The molecule has 1 aromatic rings. The van der Waals surface area contributed by atoms with Gasteiger partial charge in [0.1, 0.15) is 0 Å². The highest BCUT2D eigenvalue weighted by atomic mass is 32.2. The van der Waals surface area contributed by atoms with E-state index in [0.717, 1.165) is 18.4 Å². The molecule has 124 valence electrons. The van der Waals surface area contributed by atoms with Gasteiger partial charge in [-0.1, -0.05) is 43.2 Å². The summed E-state index contributed by atoms with van der Waals surface area (Å²) >= 11 is 0. The van der Waals surface area contributed by atoms with E-state index in [0.29, 0.717) is 12.8 Å². The molecule has 6 nitrogen and oxygen atoms in total. The molecule has 0 saturated heterocycles. The van der Waals surface area contributed by atoms with Crippen LogP contribution in [0.1, 0.15) is 31.2 Å². The van der Waals surface area contributed by atoms with Crippen LogP contribution in [0.4, 0.5) is 0 Å². The molecule has 0 atom stereocenters. The number of hydrogen-bond acceptors (Lipinski definition) is 5. The molecular weight excluding hydrogens is 316 g/mol. The first-order chi connectivity index (χ1) is 10.9. The van der Waals surface area contributed by atoms with Crippen LogP contribution in [0, 0.1) is 0 Å². The van der Waals surface area contributed by atoms with Crippen molar-refractivity contribution in [2.24, 2.45) is 5.73 Å². The Balaban J connectivity index is 2.10. The van der Waals surface area contributed by atoms with Crippen molar-refractivity contribution in [2.75, 3.05) is 7.11 Å². The number of carbonyl (C=O) groups is 1. The summed E-state index contributed by atoms with van der Waals surface area (Å²) in [5.41, 5.74) is 6.38. The van der Waals surface area contributed by atoms with E-state index in [4.69, 9.17) is 5.73 Å². The Kier molecular flexibility index (Phi) is 3.93. The lowest BCUT2D eigenvalue weighted by atomic mass is 9.92. The monoisotopic (exact) mass is 336 g/mol. The Labute approximate surface area is 136 Å². The van der Waals surface area contributed by atoms with Gasteiger partial charge in [-0.2, -0.15) is 4.31 Å². The number of hydrogen-bond donors (Lipinski definition) is 1. The fourth-order valence-electron chi connectivity index (χ4n) is 3.60. The van der Waals surface area contributed by atoms with E-state index < -0.39 is 26.4 Å². The quantitative estimate of drug-likeness (QED) is 0.845. The second-order valence-electron chi connectivity index (χ2n) is 5.97. The zero-order valence-electron chi connectivity index (χ0n) is 13.0. The van der Waals surface area contributed by atoms with E-state index >= 15 is 0 Å². The molecule has 1 spiro atoms. The van der Waals surface area contributed by atoms with Crippen molar-refractivity contribution in [3.63, 3.8) is 0 Å². The average Bonchev–Trinajstić information content (AvgIpc) is 3.08. The first-order valence-corrected chi connectivity index (χ1v) is 9.03. The molecule has 1 aliphatic carbocycles. The SMILES string of the molecule is COC(=O)C1=C(N)C2(CCCC2)N(Cc2ccccc2)S1(=O)=O. The van der Waals surface area contributed by atoms with Gasteiger partial charge in [-0.3, -0.25) is 0 Å². The lowest BCUT2D eigenvalue weighted by Gasteiger charge is -2.34. The van der Waals surface area contributed by atoms with Crippen molar-refractivity contribution in [3.05, 3.63) is 46.5 Å². The van der Waals surface area contributed by atoms with Crippen LogP contribution in [0.3, 0.4) is 0 Å². The molecule has 2 N–H and O–H groups in total. The molecule has 7 heteroatoms. The number of nitrogens with zero attached hydrogens (tertiary/aromatic N) is 1. The highest BCUT2D eigenvalue weighted by molar-refractivity contribution is 7.94. The molecule has 2 aliphatic rings. The van der Waals surface area contributed by atoms with Crippen molar-refractivity contribution in [1.29, 1.82) is 0 Å². The molecule has 0 unspecified atom stereocenters. The largest absolute Gasteiger partial charge is 0.465 e. The maximum Gasteiger partial charge on any atom is 0.352 e. The van der Waals surface area contributed by atoms with Crippen molar-refractivity contribution in [1.82, 2.24) is 4.31 Å². The number of esters is 1. The summed E-state index contributed by atoms with van der Waals surface area (Å²) in [5, 5.41) is 0. The Hall–Kier alpha value is -1.86. The third kappa shape index (κ3) is 2.35. The van der Waals surface area contributed by atoms with Gasteiger partial charge in [-0.05, 0) is 18.4 Å². The second kappa shape index (κ2) is 5.65. The van der Waals surface area contributed by atoms with Gasteiger partial charge in [-0.15, -0.1) is 0 Å². The number of carbonyl (C=O) groups excluding carboxylic acids is 1. The zero-order valence-corrected chi connectivity index (χ0v) is 13.8. The van der Waals surface area contributed by atoms with Gasteiger partial charge >= 0.3 is 5.97 Å². The van der Waals surface area contributed by atoms with Gasteiger partial charge in [0, 0.05) is 6.54 Å². The first kappa shape index (κ1) is 16.0. The van der Waals surface area contributed by atoms with Crippen LogP contribution in [0.5, 0.6) is 0 Å². The minimum atomic E-state index is -3.96. The van der Waals surface area contributed by atoms with E-state index in [1.807, 2.05) is 30.3 Å². The zero-order chi connectivity index (χ0) is 16.7. The molecule has 0 amide bonds. The van der Waals surface area contributed by atoms with E-state index in [1.54, 1.807) is 0 Å². The average molecular weight is 336 g/mol. The van der Waals surface area contributed by atoms with Crippen LogP contribution in [0.25, 0.3) is 0 Å². The fourth-order valence-corrected chi connectivity index (χ4v) is 5.64. The summed E-state index contributed by atoms with van der Waals surface area (Å²) in [4.78, 5) is 11.6. The number of ether oxygens (including phenoxy) is 1. The van der Waals surface area contributed by atoms with Crippen LogP contribution in [0.2, 0.25) is 0 Å². The highest BCUT2D eigenvalue weighted by Gasteiger charge is 2.57. The molecule has 0 radical (unpaired) electrons. The van der Waals surface area contributed by atoms with Gasteiger partial charge in [0.25, 0.3) is 10.0 Å². The van der Waals surface area contributed by atoms with Crippen molar-refractivity contribution in [3.8, 4) is 0 Å². The van der Waals surface area contributed by atoms with E-state index in [2.05, 4.69) is 4.74 Å². The molecule has 3 rings (SSSR count). The molecule has 1 heterocycles. The molecule has 1 aliphatic heterocycles. The summed E-state index contributed by atoms with van der Waals surface area (Å²) in [6, 6.07) is 9.32. The molecule has 23 heavy (non-hydrogen) atoms. The van der Waals surface area contributed by atoms with Gasteiger partial charge in [0.15, 0.2) is 4.91 Å². The molecule has 0 bridgehead atoms. The van der Waals surface area contributed by atoms with E-state index in [1.165, 1.54) is 11.4 Å². The highest BCUT2D eigenvalue weighted by Crippen LogP contribution is 2.49. The second-order valence-corrected chi connectivity index (χ2v) is 7.77. The van der Waals surface area contributed by atoms with Gasteiger partial charge in [0.2, 0.25) is 0 Å². The third-order valence-corrected chi connectivity index (χ3v) is 6.70. The van der Waals surface area contributed by atoms with Crippen LogP contribution in [0.15, 0.2) is 40.9 Å². The van der Waals surface area contributed by atoms with Crippen molar-refractivity contribution in [2.45, 2.75) is 37.8 Å². The molecule has 1 aromatic carbocycles. The Morgan fingerprint density at radius 1 is 1.26 bits per heavy atom. The minimum absolute atomic E-state index is 0.137. The maximum atomic E-state index is 13.0. The number of sulfonamides is 1. The third-order valence-electron chi connectivity index (χ3n) is 4.74. The van der Waals surface area contributed by atoms with Crippen LogP contribution in [-0.4, -0.2) is 31.3 Å². The van der Waals surface area contributed by atoms with Crippen LogP contribution in [-0.2, 0) is 26.1 Å². The van der Waals surface area contributed by atoms with Gasteiger partial charge in [0.05, 0.1) is 18.3 Å². The Morgan fingerprint density at radius 2 is 1.87 bits per heavy atom. The molecule has 1 fully saturated rings. The Morgan fingerprint density at radius 3 is 2.43 bits per heavy atom. The smallest absolute Gasteiger partial charge is 0.352 e. The first-order valence-electron chi connectivity index (χ1n) is 7.59. The molecule has 0 aromatic heterocycles. The predicted molar refractivity (Wildman–Crippen MR) is 85.3 cm³/mol. The van der Waals surface area contributed by atoms with Crippen LogP contribution >= 0.6 is 0 Å². The number of nitrogens with two attached hydrogens (primary N) is 1. The topological polar surface area (TPSA) is 89.7 Å². The minimum Gasteiger partial charge on any atom is -0.465 e. The summed E-state index contributed by atoms with van der Waals surface area (Å²) in [7, 11) is -2.80. The molecule has 1 saturated carbocycles. The van der Waals surface area contributed by atoms with Crippen molar-refractivity contribution < 1.29 is 17.9 Å². The summed E-state index contributed by atoms with van der Waals surface area (Å²) in [6.45, 7) is 0.199. The Bertz CT molecular complexity index is 750. The maximum absolute atomic E-state index is 13.0. The fraction of sp³-hybridized carbons (Fsp3) is 0.438. The summed E-state index contributed by atoms with van der Waals surface area (Å²) in [5.74, 6) is -0.885. The normalized spacial score (nSPS) is 22.7. The van der Waals surface area contributed by atoms with Gasteiger partial charge < -0.3 is 10.5 Å². The van der Waals surface area contributed by atoms with Gasteiger partial charge in [-0.25, -0.2) is 13.2 Å². The predicted octanol–water partition coefficient (Wildman–Crippen LogP) is 1.49. The lowest BCUT2D eigenvalue weighted by Crippen LogP contribution is -2.47. The van der Waals surface area contributed by atoms with Crippen molar-refractivity contribution >= 4 is 16.0 Å². The number of benzene rings is 1. The molecular formula is C16H20N2O4S. The van der Waals surface area contributed by atoms with E-state index in [-0.39, 0.29) is 12.2 Å². The lowest BCUT2D eigenvalue weighted by molar-refractivity contribution is -0.135. The summed E-state index contributed by atoms with van der Waals surface area (Å²) < 4.78 is 32.0. The van der Waals surface area contributed by atoms with Crippen LogP contribution < -0.4 is 5.73 Å². The number of methoxy groups -OCH3 is 1.